The average Bonchev–Trinajstić information content (AvgIpc) is 2.39. The van der Waals surface area contributed by atoms with E-state index in [4.69, 9.17) is 4.74 Å². The molecule has 2 N–H and O–H groups in total. The lowest BCUT2D eigenvalue weighted by atomic mass is 10.1. The van der Waals surface area contributed by atoms with Gasteiger partial charge >= 0.3 is 0 Å². The zero-order chi connectivity index (χ0) is 13.8. The molecule has 0 saturated heterocycles. The van der Waals surface area contributed by atoms with Crippen molar-refractivity contribution in [1.82, 2.24) is 0 Å². The minimum Gasteiger partial charge on any atom is -0.508 e. The van der Waals surface area contributed by atoms with E-state index in [1.165, 1.54) is 3.57 Å². The predicted molar refractivity (Wildman–Crippen MR) is 85.9 cm³/mol. The molecule has 0 aliphatic rings. The molecule has 1 atom stereocenters. The molecule has 4 heteroatoms. The van der Waals surface area contributed by atoms with Gasteiger partial charge in [0, 0.05) is 14.8 Å². The summed E-state index contributed by atoms with van der Waals surface area (Å²) in [4.78, 5) is 0. The van der Waals surface area contributed by atoms with Crippen LogP contribution in [0, 0.1) is 3.57 Å². The molecular weight excluding hydrogens is 353 g/mol. The van der Waals surface area contributed by atoms with Crippen LogP contribution in [0.4, 0.5) is 5.69 Å². The van der Waals surface area contributed by atoms with Gasteiger partial charge in [0.1, 0.15) is 11.5 Å². The molecule has 100 valence electrons. The van der Waals surface area contributed by atoms with Crippen molar-refractivity contribution in [3.05, 3.63) is 51.6 Å². The fourth-order valence-corrected chi connectivity index (χ4v) is 2.46. The second-order valence-corrected chi connectivity index (χ2v) is 5.55. The first-order chi connectivity index (χ1) is 9.10. The molecule has 0 spiro atoms. The van der Waals surface area contributed by atoms with Crippen molar-refractivity contribution in [2.45, 2.75) is 13.0 Å². The monoisotopic (exact) mass is 369 g/mol. The van der Waals surface area contributed by atoms with Gasteiger partial charge in [0.05, 0.1) is 13.2 Å². The van der Waals surface area contributed by atoms with Crippen molar-refractivity contribution in [3.8, 4) is 11.5 Å². The zero-order valence-corrected chi connectivity index (χ0v) is 13.0. The van der Waals surface area contributed by atoms with E-state index in [0.29, 0.717) is 0 Å². The van der Waals surface area contributed by atoms with Crippen molar-refractivity contribution < 1.29 is 9.84 Å². The molecule has 0 aliphatic carbocycles. The Hall–Kier alpha value is -1.43. The summed E-state index contributed by atoms with van der Waals surface area (Å²) in [6.07, 6.45) is 0. The van der Waals surface area contributed by atoms with Crippen molar-refractivity contribution in [3.63, 3.8) is 0 Å². The molecular formula is C15H16INO2. The number of anilines is 1. The maximum atomic E-state index is 9.94. The van der Waals surface area contributed by atoms with Crippen LogP contribution in [-0.2, 0) is 0 Å². The van der Waals surface area contributed by atoms with Gasteiger partial charge in [-0.15, -0.1) is 0 Å². The van der Waals surface area contributed by atoms with E-state index < -0.39 is 0 Å². The standard InChI is InChI=1S/C15H16INO2/c1-10(17-12-5-3-4-11(16)8-12)14-9-13(19-2)6-7-15(14)18/h3-10,17-18H,1-2H3. The molecule has 2 rings (SSSR count). The van der Waals surface area contributed by atoms with Crippen molar-refractivity contribution >= 4 is 28.3 Å². The zero-order valence-electron chi connectivity index (χ0n) is 10.9. The van der Waals surface area contributed by atoms with Crippen LogP contribution in [0.2, 0.25) is 0 Å². The van der Waals surface area contributed by atoms with Gasteiger partial charge in [-0.2, -0.15) is 0 Å². The average molecular weight is 369 g/mol. The van der Waals surface area contributed by atoms with E-state index in [-0.39, 0.29) is 11.8 Å². The number of hydrogen-bond acceptors (Lipinski definition) is 3. The first-order valence-corrected chi connectivity index (χ1v) is 7.07. The van der Waals surface area contributed by atoms with Gasteiger partial charge in [-0.3, -0.25) is 0 Å². The fourth-order valence-electron chi connectivity index (χ4n) is 1.91. The van der Waals surface area contributed by atoms with Gasteiger partial charge < -0.3 is 15.2 Å². The molecule has 0 aromatic heterocycles. The Kier molecular flexibility index (Phi) is 4.52. The lowest BCUT2D eigenvalue weighted by molar-refractivity contribution is 0.410. The number of aromatic hydroxyl groups is 1. The summed E-state index contributed by atoms with van der Waals surface area (Å²) in [6, 6.07) is 13.4. The lowest BCUT2D eigenvalue weighted by Crippen LogP contribution is -2.07. The number of hydrogen-bond donors (Lipinski definition) is 2. The number of methoxy groups -OCH3 is 1. The van der Waals surface area contributed by atoms with E-state index in [1.54, 1.807) is 19.2 Å². The molecule has 0 fully saturated rings. The highest BCUT2D eigenvalue weighted by Gasteiger charge is 2.11. The maximum Gasteiger partial charge on any atom is 0.121 e. The summed E-state index contributed by atoms with van der Waals surface area (Å²) >= 11 is 2.28. The number of rotatable bonds is 4. The van der Waals surface area contributed by atoms with Crippen LogP contribution >= 0.6 is 22.6 Å². The molecule has 3 nitrogen and oxygen atoms in total. The Balaban J connectivity index is 2.22. The highest BCUT2D eigenvalue weighted by atomic mass is 127. The minimum atomic E-state index is -0.00620. The van der Waals surface area contributed by atoms with E-state index in [2.05, 4.69) is 34.0 Å². The van der Waals surface area contributed by atoms with Gasteiger partial charge in [0.2, 0.25) is 0 Å². The molecule has 0 radical (unpaired) electrons. The topological polar surface area (TPSA) is 41.5 Å². The van der Waals surface area contributed by atoms with Crippen molar-refractivity contribution in [2.75, 3.05) is 12.4 Å². The number of benzene rings is 2. The Labute approximate surface area is 126 Å². The van der Waals surface area contributed by atoms with Crippen LogP contribution in [0.25, 0.3) is 0 Å². The van der Waals surface area contributed by atoms with Crippen LogP contribution < -0.4 is 10.1 Å². The van der Waals surface area contributed by atoms with Gasteiger partial charge in [-0.25, -0.2) is 0 Å². The SMILES string of the molecule is COc1ccc(O)c(C(C)Nc2cccc(I)c2)c1. The lowest BCUT2D eigenvalue weighted by Gasteiger charge is -2.18. The van der Waals surface area contributed by atoms with E-state index in [0.717, 1.165) is 17.0 Å². The van der Waals surface area contributed by atoms with Crippen LogP contribution in [0.3, 0.4) is 0 Å². The molecule has 2 aromatic carbocycles. The molecule has 1 unspecified atom stereocenters. The number of nitrogens with one attached hydrogen (secondary N) is 1. The first-order valence-electron chi connectivity index (χ1n) is 5.99. The Bertz CT molecular complexity index is 572. The van der Waals surface area contributed by atoms with Gasteiger partial charge in [-0.05, 0) is 65.9 Å². The second-order valence-electron chi connectivity index (χ2n) is 4.30. The van der Waals surface area contributed by atoms with Crippen LogP contribution in [-0.4, -0.2) is 12.2 Å². The summed E-state index contributed by atoms with van der Waals surface area (Å²) < 4.78 is 6.36. The third-order valence-electron chi connectivity index (χ3n) is 2.91. The Morgan fingerprint density at radius 1 is 1.21 bits per heavy atom. The summed E-state index contributed by atoms with van der Waals surface area (Å²) in [7, 11) is 1.62. The molecule has 0 heterocycles. The minimum absolute atomic E-state index is 0.00620. The molecule has 0 bridgehead atoms. The summed E-state index contributed by atoms with van der Waals surface area (Å²) in [5, 5.41) is 13.3. The Morgan fingerprint density at radius 3 is 2.68 bits per heavy atom. The van der Waals surface area contributed by atoms with Crippen molar-refractivity contribution in [1.29, 1.82) is 0 Å². The van der Waals surface area contributed by atoms with Crippen molar-refractivity contribution in [2.24, 2.45) is 0 Å². The highest BCUT2D eigenvalue weighted by molar-refractivity contribution is 14.1. The third-order valence-corrected chi connectivity index (χ3v) is 3.58. The number of phenolic OH excluding ortho intramolecular Hbond substituents is 1. The van der Waals surface area contributed by atoms with Gasteiger partial charge in [0.25, 0.3) is 0 Å². The van der Waals surface area contributed by atoms with Crippen LogP contribution in [0.1, 0.15) is 18.5 Å². The van der Waals surface area contributed by atoms with Gasteiger partial charge in [-0.1, -0.05) is 6.07 Å². The Morgan fingerprint density at radius 2 is 2.00 bits per heavy atom. The maximum absolute atomic E-state index is 9.94. The number of phenols is 1. The highest BCUT2D eigenvalue weighted by Crippen LogP contribution is 2.30. The first kappa shape index (κ1) is 14.0. The van der Waals surface area contributed by atoms with Crippen LogP contribution in [0.15, 0.2) is 42.5 Å². The summed E-state index contributed by atoms with van der Waals surface area (Å²) in [6.45, 7) is 2.01. The van der Waals surface area contributed by atoms with Crippen LogP contribution in [0.5, 0.6) is 11.5 Å². The molecule has 19 heavy (non-hydrogen) atoms. The smallest absolute Gasteiger partial charge is 0.121 e. The van der Waals surface area contributed by atoms with E-state index in [1.807, 2.05) is 31.2 Å². The van der Waals surface area contributed by atoms with E-state index in [9.17, 15) is 5.11 Å². The molecule has 0 aliphatic heterocycles. The quantitative estimate of drug-likeness (QED) is 0.795. The number of ether oxygens (including phenoxy) is 1. The second kappa shape index (κ2) is 6.14. The molecule has 2 aromatic rings. The predicted octanol–water partition coefficient (Wildman–Crippen LogP) is 4.18. The third kappa shape index (κ3) is 3.53. The summed E-state index contributed by atoms with van der Waals surface area (Å²) in [5.74, 6) is 1.01. The molecule has 0 amide bonds. The normalized spacial score (nSPS) is 11.9. The summed E-state index contributed by atoms with van der Waals surface area (Å²) in [5.41, 5.74) is 1.85. The van der Waals surface area contributed by atoms with E-state index >= 15 is 0 Å². The molecule has 0 saturated carbocycles. The number of halogens is 1. The van der Waals surface area contributed by atoms with Gasteiger partial charge in [0.15, 0.2) is 0 Å². The fraction of sp³-hybridized carbons (Fsp3) is 0.200. The largest absolute Gasteiger partial charge is 0.508 e.